The van der Waals surface area contributed by atoms with Crippen LogP contribution in [-0.4, -0.2) is 104 Å². The lowest BCUT2D eigenvalue weighted by Crippen LogP contribution is -2.40. The van der Waals surface area contributed by atoms with Gasteiger partial charge in [0.05, 0.1) is 37.7 Å². The second-order valence-electron chi connectivity index (χ2n) is 20.8. The number of H-pyrrole nitrogens is 2. The Hall–Kier alpha value is -9.31. The molecule has 3 aromatic heterocycles. The van der Waals surface area contributed by atoms with Crippen molar-refractivity contribution >= 4 is 17.7 Å². The van der Waals surface area contributed by atoms with Gasteiger partial charge in [0.15, 0.2) is 25.9 Å². The molecule has 0 saturated carbocycles. The summed E-state index contributed by atoms with van der Waals surface area (Å²) in [6, 6.07) is 59.6. The number of alkyl halides is 1. The zero-order valence-electron chi connectivity index (χ0n) is 48.6. The molecule has 83 heavy (non-hydrogen) atoms. The number of hydrogen-bond donors (Lipinski definition) is 2. The number of nitrogens with zero attached hydrogens (tertiary/aromatic N) is 7. The van der Waals surface area contributed by atoms with E-state index in [2.05, 4.69) is 88.8 Å². The van der Waals surface area contributed by atoms with Crippen molar-refractivity contribution in [1.29, 1.82) is 0 Å². The lowest BCUT2D eigenvalue weighted by Gasteiger charge is -2.28. The highest BCUT2D eigenvalue weighted by Crippen LogP contribution is 2.33. The van der Waals surface area contributed by atoms with E-state index in [0.29, 0.717) is 56.8 Å². The highest BCUT2D eigenvalue weighted by Gasteiger charge is 2.34. The molecule has 16 heteroatoms. The number of hydrogen-bond acceptors (Lipinski definition) is 8. The molecule has 6 aromatic carbocycles. The van der Waals surface area contributed by atoms with Crippen LogP contribution in [-0.2, 0) is 53.3 Å². The van der Waals surface area contributed by atoms with Crippen LogP contribution >= 0.6 is 0 Å². The van der Waals surface area contributed by atoms with Gasteiger partial charge in [0, 0.05) is 97.2 Å². The Morgan fingerprint density at radius 1 is 0.530 bits per heavy atom. The van der Waals surface area contributed by atoms with Crippen LogP contribution in [0.2, 0.25) is 0 Å². The molecule has 0 aliphatic carbocycles. The summed E-state index contributed by atoms with van der Waals surface area (Å²) in [6.07, 6.45) is 2.42. The topological polar surface area (TPSA) is 155 Å². The van der Waals surface area contributed by atoms with Crippen molar-refractivity contribution in [3.05, 3.63) is 216 Å². The molecule has 0 saturated heterocycles. The van der Waals surface area contributed by atoms with Gasteiger partial charge in [-0.3, -0.25) is 28.6 Å². The molecule has 3 aliphatic heterocycles. The Morgan fingerprint density at radius 2 is 0.916 bits per heavy atom. The van der Waals surface area contributed by atoms with E-state index in [1.165, 1.54) is 28.2 Å². The average molecular weight is 1120 g/mol. The number of carbonyl (C=O) groups excluding carboxylic acids is 3. The summed E-state index contributed by atoms with van der Waals surface area (Å²) in [6.45, 7) is 12.6. The molecular weight excluding hydrogens is 1050 g/mol. The summed E-state index contributed by atoms with van der Waals surface area (Å²) in [5.41, 5.74) is 13.4. The second-order valence-corrected chi connectivity index (χ2v) is 20.8. The third kappa shape index (κ3) is 14.6. The lowest BCUT2D eigenvalue weighted by atomic mass is 10.0. The lowest BCUT2D eigenvalue weighted by molar-refractivity contribution is -0.758. The average Bonchev–Trinajstić information content (AvgIpc) is 4.34. The maximum atomic E-state index is 12.8. The van der Waals surface area contributed by atoms with E-state index in [4.69, 9.17) is 20.7 Å². The molecule has 0 fully saturated rings. The van der Waals surface area contributed by atoms with Crippen molar-refractivity contribution < 1.29 is 39.0 Å². The highest BCUT2D eigenvalue weighted by molar-refractivity contribution is 5.80. The first kappa shape index (κ1) is 56.9. The van der Waals surface area contributed by atoms with Crippen LogP contribution < -0.4 is 18.9 Å². The van der Waals surface area contributed by atoms with Crippen molar-refractivity contribution in [2.24, 2.45) is 0 Å². The molecular formula is C67H73FN9O6+. The quantitative estimate of drug-likeness (QED) is 0.102. The number of nitrogens with one attached hydrogen (secondary N) is 2. The third-order valence-electron chi connectivity index (χ3n) is 14.7. The minimum atomic E-state index is -1.00. The van der Waals surface area contributed by atoms with Gasteiger partial charge in [-0.15, -0.1) is 4.68 Å². The first-order valence-corrected chi connectivity index (χ1v) is 28.2. The van der Waals surface area contributed by atoms with Crippen LogP contribution in [0.15, 0.2) is 182 Å². The number of rotatable bonds is 14. The molecule has 2 N–H and O–H groups in total. The Bertz CT molecular complexity index is 3470. The van der Waals surface area contributed by atoms with Gasteiger partial charge in [0.1, 0.15) is 17.2 Å². The largest absolute Gasteiger partial charge is 0.484 e. The first-order valence-electron chi connectivity index (χ1n) is 28.9. The molecule has 0 spiro atoms. The Labute approximate surface area is 486 Å². The van der Waals surface area contributed by atoms with Gasteiger partial charge in [-0.2, -0.15) is 15.3 Å². The highest BCUT2D eigenvalue weighted by atomic mass is 19.1. The van der Waals surface area contributed by atoms with Crippen molar-refractivity contribution in [3.8, 4) is 51.0 Å². The van der Waals surface area contributed by atoms with Crippen molar-refractivity contribution in [2.45, 2.75) is 78.7 Å². The first-order chi connectivity index (χ1) is 41.0. The summed E-state index contributed by atoms with van der Waals surface area (Å²) >= 11 is 0. The Kier molecular flexibility index (Phi) is 19.5. The SMILES string of the molecule is CC(C)[n+]1[nH]c2c(c1-c1ccccc1)CN(C(=O)COc1ccccc1)CC2.CC(C)n1nc(-c2ccccc2)c2c1CCN(C(=O)COc1ccccc1)C2.O=C(COc1ccccc1)N1CCc2[nH]nc(-c3ccccc3)c2C1.[2H]CF. The van der Waals surface area contributed by atoms with Crippen molar-refractivity contribution in [2.75, 3.05) is 46.6 Å². The summed E-state index contributed by atoms with van der Waals surface area (Å²) in [5.74, 6) is 2.16. The summed E-state index contributed by atoms with van der Waals surface area (Å²) in [5, 5.41) is 16.0. The molecule has 12 rings (SSSR count). The number of halogens is 1. The van der Waals surface area contributed by atoms with Crippen molar-refractivity contribution in [1.82, 2.24) is 39.8 Å². The fourth-order valence-electron chi connectivity index (χ4n) is 10.5. The summed E-state index contributed by atoms with van der Waals surface area (Å²) in [4.78, 5) is 43.6. The second kappa shape index (κ2) is 28.4. The van der Waals surface area contributed by atoms with E-state index in [9.17, 15) is 18.8 Å². The molecule has 428 valence electrons. The Balaban J connectivity index is 0.000000148. The van der Waals surface area contributed by atoms with Gasteiger partial charge in [-0.25, -0.2) is 0 Å². The zero-order valence-corrected chi connectivity index (χ0v) is 47.6. The monoisotopic (exact) mass is 1120 g/mol. The van der Waals surface area contributed by atoms with Crippen molar-refractivity contribution in [3.63, 3.8) is 0 Å². The predicted molar refractivity (Wildman–Crippen MR) is 319 cm³/mol. The van der Waals surface area contributed by atoms with Crippen LogP contribution in [0.3, 0.4) is 0 Å². The Morgan fingerprint density at radius 3 is 1.36 bits per heavy atom. The van der Waals surface area contributed by atoms with E-state index >= 15 is 0 Å². The molecule has 9 aromatic rings. The fraction of sp³-hybridized carbons (Fsp3) is 0.284. The molecule has 15 nitrogen and oxygen atoms in total. The number of para-hydroxylation sites is 3. The van der Waals surface area contributed by atoms with E-state index in [-0.39, 0.29) is 43.6 Å². The molecule has 6 heterocycles. The van der Waals surface area contributed by atoms with Gasteiger partial charge in [-0.05, 0) is 76.2 Å². The smallest absolute Gasteiger partial charge is 0.260 e. The molecule has 0 radical (unpaired) electrons. The molecule has 3 amide bonds. The maximum Gasteiger partial charge on any atom is 0.260 e. The normalized spacial score (nSPS) is 13.3. The van der Waals surface area contributed by atoms with Gasteiger partial charge in [0.2, 0.25) is 5.69 Å². The van der Waals surface area contributed by atoms with Gasteiger partial charge >= 0.3 is 0 Å². The van der Waals surface area contributed by atoms with Gasteiger partial charge in [0.25, 0.3) is 17.7 Å². The molecule has 0 bridgehead atoms. The van der Waals surface area contributed by atoms with Crippen LogP contribution in [0.4, 0.5) is 4.39 Å². The van der Waals surface area contributed by atoms with Crippen LogP contribution in [0.5, 0.6) is 17.2 Å². The standard InChI is InChI=1S/2C23H25N3O2.C20H19N3O2.CH3F/c1-17(2)26-21-13-14-25(22(27)16-28-19-11-7-4-8-12-19)15-20(21)23(24-26)18-9-5-3-6-10-18;1-17(2)26-23(18-9-5-3-6-10-18)20-15-25(14-13-21(20)24-26)22(27)16-28-19-11-7-4-8-12-19;24-19(14-25-16-9-5-2-6-10-16)23-12-11-18-17(13-23)20(22-21-18)15-7-3-1-4-8-15;1-2/h2*3-12,17H,13-16H2,1-2H3;1-10H,11-14H2,(H,21,22);1H3/p+1/i;;;1D. The number of ether oxygens (including phenoxy) is 3. The maximum absolute atomic E-state index is 12.8. The molecule has 3 aliphatic rings. The van der Waals surface area contributed by atoms with E-state index in [1.807, 2.05) is 160 Å². The van der Waals surface area contributed by atoms with E-state index < -0.39 is 7.15 Å². The number of amides is 3. The third-order valence-corrected chi connectivity index (χ3v) is 14.7. The summed E-state index contributed by atoms with van der Waals surface area (Å²) in [7, 11) is -1.00. The van der Waals surface area contributed by atoms with Crippen LogP contribution in [0.25, 0.3) is 33.8 Å². The number of carbonyl (C=O) groups is 3. The van der Waals surface area contributed by atoms with E-state index in [0.717, 1.165) is 64.3 Å². The number of benzene rings is 6. The number of fused-ring (bicyclic) bond motifs is 3. The minimum Gasteiger partial charge on any atom is -0.484 e. The predicted octanol–water partition coefficient (Wildman–Crippen LogP) is 11.2. The molecule has 0 atom stereocenters. The van der Waals surface area contributed by atoms with Gasteiger partial charge < -0.3 is 28.9 Å². The van der Waals surface area contributed by atoms with E-state index in [1.54, 1.807) is 0 Å². The number of aromatic nitrogens is 6. The zero-order chi connectivity index (χ0) is 58.8. The van der Waals surface area contributed by atoms with Gasteiger partial charge in [-0.1, -0.05) is 133 Å². The molecule has 0 unspecified atom stereocenters. The number of aromatic amines is 2. The van der Waals surface area contributed by atoms with Crippen LogP contribution in [0.1, 0.15) is 74.9 Å². The fourth-order valence-corrected chi connectivity index (χ4v) is 10.5. The van der Waals surface area contributed by atoms with Crippen LogP contribution in [0, 0.1) is 0 Å². The minimum absolute atomic E-state index is 0.00489. The summed E-state index contributed by atoms with van der Waals surface area (Å²) < 4.78 is 36.7.